The van der Waals surface area contributed by atoms with Crippen LogP contribution >= 0.6 is 11.3 Å². The third-order valence-electron chi connectivity index (χ3n) is 7.19. The molecule has 39 heavy (non-hydrogen) atoms. The maximum atomic E-state index is 12.4. The number of nitrogens with zero attached hydrogens (tertiary/aromatic N) is 5. The molecule has 2 amide bonds. The van der Waals surface area contributed by atoms with Gasteiger partial charge in [0.2, 0.25) is 0 Å². The van der Waals surface area contributed by atoms with E-state index < -0.39 is 0 Å². The highest BCUT2D eigenvalue weighted by Gasteiger charge is 2.42. The molecule has 10 nitrogen and oxygen atoms in total. The number of imidazole rings is 1. The summed E-state index contributed by atoms with van der Waals surface area (Å²) in [5.74, 6) is 2.05. The van der Waals surface area contributed by atoms with Crippen molar-refractivity contribution in [2.24, 2.45) is 0 Å². The summed E-state index contributed by atoms with van der Waals surface area (Å²) in [5, 5.41) is 12.9. The van der Waals surface area contributed by atoms with Gasteiger partial charge in [0.05, 0.1) is 11.2 Å². The minimum Gasteiger partial charge on any atom is -0.359 e. The highest BCUT2D eigenvalue weighted by molar-refractivity contribution is 7.23. The quantitative estimate of drug-likeness (QED) is 0.240. The minimum atomic E-state index is -0.388. The molecule has 1 aliphatic carbocycles. The molecule has 202 valence electrons. The van der Waals surface area contributed by atoms with Crippen molar-refractivity contribution < 1.29 is 9.32 Å². The number of hydrogen-bond acceptors (Lipinski definition) is 8. The van der Waals surface area contributed by atoms with Crippen LogP contribution in [0.2, 0.25) is 0 Å². The lowest BCUT2D eigenvalue weighted by Gasteiger charge is -2.24. The van der Waals surface area contributed by atoms with Gasteiger partial charge in [-0.2, -0.15) is 0 Å². The molecule has 4 aromatic heterocycles. The van der Waals surface area contributed by atoms with Gasteiger partial charge in [-0.15, -0.1) is 0 Å². The van der Waals surface area contributed by atoms with Crippen LogP contribution in [-0.4, -0.2) is 51.7 Å². The molecule has 1 aromatic carbocycles. The van der Waals surface area contributed by atoms with Crippen LogP contribution in [0, 0.1) is 0 Å². The number of aromatic nitrogens is 4. The molecule has 0 saturated heterocycles. The molecule has 6 rings (SSSR count). The van der Waals surface area contributed by atoms with Gasteiger partial charge >= 0.3 is 6.03 Å². The number of fused-ring (bicyclic) bond motifs is 3. The second-order valence-electron chi connectivity index (χ2n) is 11.2. The Morgan fingerprint density at radius 1 is 1.13 bits per heavy atom. The standard InChI is InChI=1S/C28H32N8O2S/c1-27(2,3)21-14-22(34-38-21)32-25(37)30-18-8-6-17(7-9-18)19-15-36-20-10-11-23(33-24(20)39-26(36)31-19)35(5)16-28(29-4)12-13-28/h6-11,14-15,29H,12-13,16H2,1-5H3,(H2,30,32,34,37). The van der Waals surface area contributed by atoms with Gasteiger partial charge in [0.1, 0.15) is 16.4 Å². The fourth-order valence-corrected chi connectivity index (χ4v) is 5.57. The second kappa shape index (κ2) is 9.35. The summed E-state index contributed by atoms with van der Waals surface area (Å²) < 4.78 is 7.41. The van der Waals surface area contributed by atoms with Crippen molar-refractivity contribution in [2.45, 2.75) is 44.6 Å². The first-order valence-corrected chi connectivity index (χ1v) is 13.8. The van der Waals surface area contributed by atoms with Gasteiger partial charge in [-0.3, -0.25) is 9.72 Å². The van der Waals surface area contributed by atoms with Gasteiger partial charge in [-0.05, 0) is 44.2 Å². The van der Waals surface area contributed by atoms with Crippen LogP contribution < -0.4 is 20.9 Å². The molecule has 3 N–H and O–H groups in total. The van der Waals surface area contributed by atoms with Crippen molar-refractivity contribution in [3.63, 3.8) is 0 Å². The molecule has 0 atom stereocenters. The SMILES string of the molecule is CNC1(CN(C)c2ccc3c(n2)sc2nc(-c4ccc(NC(=O)Nc5cc(C(C)(C)C)on5)cc4)cn23)CC1. The van der Waals surface area contributed by atoms with Crippen LogP contribution in [0.1, 0.15) is 39.4 Å². The molecule has 1 fully saturated rings. The van der Waals surface area contributed by atoms with Crippen molar-refractivity contribution in [1.82, 2.24) is 24.8 Å². The second-order valence-corrected chi connectivity index (χ2v) is 12.2. The monoisotopic (exact) mass is 544 g/mol. The molecule has 4 heterocycles. The first-order chi connectivity index (χ1) is 18.6. The van der Waals surface area contributed by atoms with Gasteiger partial charge < -0.3 is 20.1 Å². The number of urea groups is 1. The number of carbonyl (C=O) groups is 1. The molecule has 0 spiro atoms. The Balaban J connectivity index is 1.14. The van der Waals surface area contributed by atoms with E-state index in [1.54, 1.807) is 17.4 Å². The Labute approximate surface area is 230 Å². The number of amides is 2. The van der Waals surface area contributed by atoms with Crippen molar-refractivity contribution >= 4 is 50.0 Å². The number of benzene rings is 1. The van der Waals surface area contributed by atoms with Crippen LogP contribution in [0.15, 0.2) is 53.2 Å². The number of hydrogen-bond donors (Lipinski definition) is 3. The van der Waals surface area contributed by atoms with Crippen LogP contribution in [0.25, 0.3) is 26.6 Å². The van der Waals surface area contributed by atoms with E-state index in [4.69, 9.17) is 14.5 Å². The van der Waals surface area contributed by atoms with Crippen LogP contribution in [0.5, 0.6) is 0 Å². The number of nitrogens with one attached hydrogen (secondary N) is 3. The van der Waals surface area contributed by atoms with Gasteiger partial charge in [0.25, 0.3) is 0 Å². The third-order valence-corrected chi connectivity index (χ3v) is 8.16. The summed E-state index contributed by atoms with van der Waals surface area (Å²) in [6.07, 6.45) is 4.44. The lowest BCUT2D eigenvalue weighted by molar-refractivity contribution is 0.262. The number of thiazole rings is 1. The van der Waals surface area contributed by atoms with E-state index in [1.807, 2.05) is 58.3 Å². The van der Waals surface area contributed by atoms with E-state index in [0.29, 0.717) is 17.3 Å². The maximum Gasteiger partial charge on any atom is 0.324 e. The summed E-state index contributed by atoms with van der Waals surface area (Å²) in [6, 6.07) is 13.1. The van der Waals surface area contributed by atoms with Crippen LogP contribution in [0.4, 0.5) is 22.1 Å². The summed E-state index contributed by atoms with van der Waals surface area (Å²) in [6.45, 7) is 7.01. The lowest BCUT2D eigenvalue weighted by atomic mass is 9.93. The van der Waals surface area contributed by atoms with E-state index >= 15 is 0 Å². The van der Waals surface area contributed by atoms with Crippen LogP contribution in [0.3, 0.4) is 0 Å². The summed E-state index contributed by atoms with van der Waals surface area (Å²) >= 11 is 1.58. The largest absolute Gasteiger partial charge is 0.359 e. The number of rotatable bonds is 7. The number of pyridine rings is 1. The average Bonchev–Trinajstić information content (AvgIpc) is 3.19. The molecule has 0 bridgehead atoms. The maximum absolute atomic E-state index is 12.4. The van der Waals surface area contributed by atoms with Gasteiger partial charge in [0, 0.05) is 48.1 Å². The van der Waals surface area contributed by atoms with Crippen LogP contribution in [-0.2, 0) is 5.41 Å². The molecule has 0 unspecified atom stereocenters. The highest BCUT2D eigenvalue weighted by atomic mass is 32.1. The van der Waals surface area contributed by atoms with Gasteiger partial charge in [0.15, 0.2) is 10.8 Å². The Hall–Kier alpha value is -3.96. The summed E-state index contributed by atoms with van der Waals surface area (Å²) in [5.41, 5.74) is 3.57. The zero-order valence-electron chi connectivity index (χ0n) is 22.7. The third kappa shape index (κ3) is 5.07. The summed E-state index contributed by atoms with van der Waals surface area (Å²) in [7, 11) is 4.13. The first kappa shape index (κ1) is 25.3. The molecular formula is C28H32N8O2S. The molecule has 5 aromatic rings. The fraction of sp³-hybridized carbons (Fsp3) is 0.357. The van der Waals surface area contributed by atoms with Gasteiger partial charge in [-0.1, -0.05) is 49.4 Å². The number of carbonyl (C=O) groups excluding carboxylic acids is 1. The average molecular weight is 545 g/mol. The zero-order valence-corrected chi connectivity index (χ0v) is 23.5. The molecule has 11 heteroatoms. The summed E-state index contributed by atoms with van der Waals surface area (Å²) in [4.78, 5) is 26.3. The van der Waals surface area contributed by atoms with E-state index in [-0.39, 0.29) is 17.0 Å². The topological polar surface area (TPSA) is 113 Å². The van der Waals surface area contributed by atoms with E-state index in [0.717, 1.165) is 38.9 Å². The Bertz CT molecular complexity index is 1660. The molecule has 0 radical (unpaired) electrons. The Kier molecular flexibility index (Phi) is 6.07. The number of anilines is 3. The first-order valence-electron chi connectivity index (χ1n) is 13.0. The molecule has 1 aliphatic rings. The minimum absolute atomic E-state index is 0.186. The van der Waals surface area contributed by atoms with Crippen molar-refractivity contribution in [3.8, 4) is 11.3 Å². The predicted octanol–water partition coefficient (Wildman–Crippen LogP) is 5.73. The Morgan fingerprint density at radius 2 is 1.90 bits per heavy atom. The smallest absolute Gasteiger partial charge is 0.324 e. The lowest BCUT2D eigenvalue weighted by Crippen LogP contribution is -2.40. The molecular weight excluding hydrogens is 512 g/mol. The van der Waals surface area contributed by atoms with Gasteiger partial charge in [-0.25, -0.2) is 14.8 Å². The number of likely N-dealkylation sites (N-methyl/N-ethyl adjacent to an activating group) is 2. The van der Waals surface area contributed by atoms with Crippen molar-refractivity contribution in [3.05, 3.63) is 54.4 Å². The normalized spacial score (nSPS) is 14.6. The van der Waals surface area contributed by atoms with E-state index in [9.17, 15) is 4.79 Å². The fourth-order valence-electron chi connectivity index (χ4n) is 4.59. The highest BCUT2D eigenvalue weighted by Crippen LogP contribution is 2.37. The van der Waals surface area contributed by atoms with E-state index in [2.05, 4.69) is 49.6 Å². The predicted molar refractivity (Wildman–Crippen MR) is 156 cm³/mol. The zero-order chi connectivity index (χ0) is 27.4. The van der Waals surface area contributed by atoms with Crippen molar-refractivity contribution in [1.29, 1.82) is 0 Å². The molecule has 1 saturated carbocycles. The van der Waals surface area contributed by atoms with E-state index in [1.165, 1.54) is 12.8 Å². The molecule has 0 aliphatic heterocycles. The van der Waals surface area contributed by atoms with Crippen molar-refractivity contribution in [2.75, 3.05) is 36.2 Å². The Morgan fingerprint density at radius 3 is 2.56 bits per heavy atom.